The topological polar surface area (TPSA) is 86.2 Å². The molecule has 0 aliphatic rings. The first kappa shape index (κ1) is 12.1. The molecule has 0 aliphatic heterocycles. The Morgan fingerprint density at radius 1 is 0.933 bits per heavy atom. The van der Waals surface area contributed by atoms with Crippen molar-refractivity contribution in [2.75, 3.05) is 11.5 Å². The molecule has 0 unspecified atom stereocenters. The molecule has 4 N–H and O–H groups in total. The molecule has 1 rings (SSSR count). The first-order valence-corrected chi connectivity index (χ1v) is 6.58. The van der Waals surface area contributed by atoms with Crippen LogP contribution in [0.25, 0.3) is 0 Å². The molecular formula is C9H13ClN2O2S. The molecule has 6 heteroatoms. The molecule has 1 aromatic carbocycles. The summed E-state index contributed by atoms with van der Waals surface area (Å²) in [5.74, 6) is 0. The van der Waals surface area contributed by atoms with Crippen LogP contribution in [0.2, 0.25) is 0 Å². The Hall–Kier alpha value is -0.940. The van der Waals surface area contributed by atoms with Crippen molar-refractivity contribution in [3.8, 4) is 0 Å². The molecule has 15 heavy (non-hydrogen) atoms. The zero-order chi connectivity index (χ0) is 12.0. The summed E-state index contributed by atoms with van der Waals surface area (Å²) in [5, 5.41) is 0. The molecule has 0 spiro atoms. The van der Waals surface area contributed by atoms with Crippen molar-refractivity contribution in [3.63, 3.8) is 0 Å². The number of hydrogen-bond acceptors (Lipinski definition) is 4. The van der Waals surface area contributed by atoms with E-state index in [2.05, 4.69) is 0 Å². The van der Waals surface area contributed by atoms with E-state index in [1.165, 1.54) is 0 Å². The number of hydrogen-bond donors (Lipinski definition) is 2. The fourth-order valence-corrected chi connectivity index (χ4v) is 3.24. The Labute approximate surface area is 93.6 Å². The van der Waals surface area contributed by atoms with Crippen LogP contribution in [0.4, 0.5) is 11.4 Å². The molecule has 0 heterocycles. The highest BCUT2D eigenvalue weighted by atomic mass is 35.7. The van der Waals surface area contributed by atoms with Crippen molar-refractivity contribution >= 4 is 31.1 Å². The number of halogens is 1. The highest BCUT2D eigenvalue weighted by molar-refractivity contribution is 8.13. The van der Waals surface area contributed by atoms with Gasteiger partial charge in [-0.05, 0) is 37.5 Å². The molecule has 0 amide bonds. The Bertz CT molecular complexity index is 494. The van der Waals surface area contributed by atoms with E-state index in [1.54, 1.807) is 20.8 Å². The number of rotatable bonds is 1. The minimum absolute atomic E-state index is 0.0183. The normalized spacial score (nSPS) is 11.7. The summed E-state index contributed by atoms with van der Waals surface area (Å²) in [6, 6.07) is 0. The molecule has 0 aromatic heterocycles. The van der Waals surface area contributed by atoms with Gasteiger partial charge in [-0.25, -0.2) is 8.42 Å². The van der Waals surface area contributed by atoms with Crippen LogP contribution in [0.15, 0.2) is 4.90 Å². The van der Waals surface area contributed by atoms with E-state index in [0.717, 1.165) is 0 Å². The Kier molecular flexibility index (Phi) is 2.89. The first-order valence-electron chi connectivity index (χ1n) is 4.27. The fraction of sp³-hybridized carbons (Fsp3) is 0.333. The van der Waals surface area contributed by atoms with Gasteiger partial charge in [-0.15, -0.1) is 0 Å². The maximum atomic E-state index is 11.3. The van der Waals surface area contributed by atoms with Crippen LogP contribution in [0.5, 0.6) is 0 Å². The first-order chi connectivity index (χ1) is 6.68. The molecule has 0 fully saturated rings. The van der Waals surface area contributed by atoms with Crippen LogP contribution in [-0.2, 0) is 9.05 Å². The van der Waals surface area contributed by atoms with E-state index in [9.17, 15) is 8.42 Å². The number of nitrogen functional groups attached to an aromatic ring is 2. The predicted molar refractivity (Wildman–Crippen MR) is 62.5 cm³/mol. The number of nitrogens with two attached hydrogens (primary N) is 2. The lowest BCUT2D eigenvalue weighted by atomic mass is 10.0. The second-order valence-electron chi connectivity index (χ2n) is 3.47. The molecule has 0 radical (unpaired) electrons. The summed E-state index contributed by atoms with van der Waals surface area (Å²) in [6.07, 6.45) is 0. The minimum atomic E-state index is -3.81. The van der Waals surface area contributed by atoms with E-state index in [-0.39, 0.29) is 4.90 Å². The lowest BCUT2D eigenvalue weighted by molar-refractivity contribution is 0.608. The van der Waals surface area contributed by atoms with Gasteiger partial charge in [0.25, 0.3) is 9.05 Å². The zero-order valence-electron chi connectivity index (χ0n) is 8.76. The third kappa shape index (κ3) is 1.89. The lowest BCUT2D eigenvalue weighted by Gasteiger charge is -2.15. The van der Waals surface area contributed by atoms with Gasteiger partial charge in [-0.2, -0.15) is 0 Å². The van der Waals surface area contributed by atoms with Gasteiger partial charge in [0.1, 0.15) is 0 Å². The Balaban J connectivity index is 3.84. The monoisotopic (exact) mass is 248 g/mol. The van der Waals surface area contributed by atoms with Crippen molar-refractivity contribution < 1.29 is 8.42 Å². The molecule has 0 aliphatic carbocycles. The van der Waals surface area contributed by atoms with Crippen LogP contribution in [0.3, 0.4) is 0 Å². The number of benzene rings is 1. The zero-order valence-corrected chi connectivity index (χ0v) is 10.3. The number of anilines is 2. The standard InChI is InChI=1S/C9H13ClN2O2S/c1-4-7(11)5(2)9(15(10,13)14)6(3)8(4)12/h11-12H2,1-3H3. The minimum Gasteiger partial charge on any atom is -0.398 e. The van der Waals surface area contributed by atoms with Gasteiger partial charge in [0.15, 0.2) is 0 Å². The van der Waals surface area contributed by atoms with E-state index in [1.807, 2.05) is 0 Å². The highest BCUT2D eigenvalue weighted by Gasteiger charge is 2.22. The Morgan fingerprint density at radius 2 is 1.27 bits per heavy atom. The highest BCUT2D eigenvalue weighted by Crippen LogP contribution is 2.35. The summed E-state index contributed by atoms with van der Waals surface area (Å²) < 4.78 is 22.7. The molecule has 84 valence electrons. The molecule has 0 saturated carbocycles. The van der Waals surface area contributed by atoms with Gasteiger partial charge in [-0.1, -0.05) is 0 Å². The van der Waals surface area contributed by atoms with Crippen molar-refractivity contribution in [3.05, 3.63) is 16.7 Å². The Morgan fingerprint density at radius 3 is 1.53 bits per heavy atom. The quantitative estimate of drug-likeness (QED) is 0.585. The van der Waals surface area contributed by atoms with E-state index in [0.29, 0.717) is 28.1 Å². The van der Waals surface area contributed by atoms with Crippen LogP contribution in [0.1, 0.15) is 16.7 Å². The van der Waals surface area contributed by atoms with E-state index < -0.39 is 9.05 Å². The van der Waals surface area contributed by atoms with Crippen molar-refractivity contribution in [2.24, 2.45) is 0 Å². The average molecular weight is 249 g/mol. The summed E-state index contributed by atoms with van der Waals surface area (Å²) >= 11 is 0. The van der Waals surface area contributed by atoms with Gasteiger partial charge in [-0.3, -0.25) is 0 Å². The van der Waals surface area contributed by atoms with Crippen LogP contribution >= 0.6 is 10.7 Å². The average Bonchev–Trinajstić information content (AvgIpc) is 2.09. The summed E-state index contributed by atoms with van der Waals surface area (Å²) in [5.41, 5.74) is 13.8. The molecule has 0 saturated heterocycles. The predicted octanol–water partition coefficient (Wildman–Crippen LogP) is 1.70. The van der Waals surface area contributed by atoms with Crippen LogP contribution < -0.4 is 11.5 Å². The van der Waals surface area contributed by atoms with Gasteiger partial charge >= 0.3 is 0 Å². The van der Waals surface area contributed by atoms with Crippen molar-refractivity contribution in [1.82, 2.24) is 0 Å². The summed E-state index contributed by atoms with van der Waals surface area (Å²) in [6.45, 7) is 4.98. The maximum absolute atomic E-state index is 11.3. The lowest BCUT2D eigenvalue weighted by Crippen LogP contribution is -2.08. The van der Waals surface area contributed by atoms with Crippen LogP contribution in [0, 0.1) is 20.8 Å². The fourth-order valence-electron chi connectivity index (χ4n) is 1.60. The van der Waals surface area contributed by atoms with Crippen molar-refractivity contribution in [1.29, 1.82) is 0 Å². The van der Waals surface area contributed by atoms with Crippen molar-refractivity contribution in [2.45, 2.75) is 25.7 Å². The van der Waals surface area contributed by atoms with Crippen LogP contribution in [-0.4, -0.2) is 8.42 Å². The second-order valence-corrected chi connectivity index (χ2v) is 5.97. The summed E-state index contributed by atoms with van der Waals surface area (Å²) in [7, 11) is 1.51. The second kappa shape index (κ2) is 3.57. The molecule has 0 bridgehead atoms. The largest absolute Gasteiger partial charge is 0.398 e. The molecule has 4 nitrogen and oxygen atoms in total. The summed E-state index contributed by atoms with van der Waals surface area (Å²) in [4.78, 5) is 0.0183. The van der Waals surface area contributed by atoms with Gasteiger partial charge in [0.2, 0.25) is 0 Å². The maximum Gasteiger partial charge on any atom is 0.261 e. The van der Waals surface area contributed by atoms with Gasteiger partial charge < -0.3 is 11.5 Å². The van der Waals surface area contributed by atoms with Gasteiger partial charge in [0.05, 0.1) is 4.90 Å². The molecular weight excluding hydrogens is 236 g/mol. The molecule has 0 atom stereocenters. The third-order valence-corrected chi connectivity index (χ3v) is 4.10. The van der Waals surface area contributed by atoms with E-state index in [4.69, 9.17) is 22.1 Å². The SMILES string of the molecule is Cc1c(N)c(C)c(S(=O)(=O)Cl)c(C)c1N. The van der Waals surface area contributed by atoms with E-state index >= 15 is 0 Å². The third-order valence-electron chi connectivity index (χ3n) is 2.54. The van der Waals surface area contributed by atoms with Gasteiger partial charge in [0, 0.05) is 22.1 Å². The smallest absolute Gasteiger partial charge is 0.261 e. The molecule has 1 aromatic rings.